The zero-order valence-electron chi connectivity index (χ0n) is 12.7. The molecule has 1 atom stereocenters. The Kier molecular flexibility index (Phi) is 5.38. The highest BCUT2D eigenvalue weighted by Gasteiger charge is 2.27. The standard InChI is InChI=1S/C15H23N3O3/c1-3-9-17(12-5-4-8-16-11-12)15-10-13(21-2)6-7-14(15)18(19)20/h6-7,10,12,16H,3-5,8-9,11H2,1-2H3. The van der Waals surface area contributed by atoms with Crippen molar-refractivity contribution in [3.63, 3.8) is 0 Å². The van der Waals surface area contributed by atoms with Gasteiger partial charge in [0.05, 0.1) is 12.0 Å². The second-order valence-electron chi connectivity index (χ2n) is 5.31. The van der Waals surface area contributed by atoms with Crippen molar-refractivity contribution in [1.29, 1.82) is 0 Å². The van der Waals surface area contributed by atoms with Gasteiger partial charge in [0, 0.05) is 31.3 Å². The lowest BCUT2D eigenvalue weighted by molar-refractivity contribution is -0.384. The summed E-state index contributed by atoms with van der Waals surface area (Å²) in [7, 11) is 1.58. The predicted molar refractivity (Wildman–Crippen MR) is 83.2 cm³/mol. The SMILES string of the molecule is CCCN(c1cc(OC)ccc1[N+](=O)[O-])C1CCCNC1. The number of methoxy groups -OCH3 is 1. The third-order valence-electron chi connectivity index (χ3n) is 3.86. The van der Waals surface area contributed by atoms with Gasteiger partial charge in [-0.15, -0.1) is 0 Å². The number of anilines is 1. The van der Waals surface area contributed by atoms with Crippen molar-refractivity contribution >= 4 is 11.4 Å². The maximum absolute atomic E-state index is 11.3. The fourth-order valence-electron chi connectivity index (χ4n) is 2.85. The van der Waals surface area contributed by atoms with E-state index in [4.69, 9.17) is 4.74 Å². The molecule has 1 aromatic rings. The minimum atomic E-state index is -0.312. The van der Waals surface area contributed by atoms with Crippen molar-refractivity contribution in [2.24, 2.45) is 0 Å². The van der Waals surface area contributed by atoms with E-state index in [9.17, 15) is 10.1 Å². The van der Waals surface area contributed by atoms with Crippen LogP contribution in [0.4, 0.5) is 11.4 Å². The van der Waals surface area contributed by atoms with E-state index >= 15 is 0 Å². The Morgan fingerprint density at radius 2 is 2.33 bits per heavy atom. The number of ether oxygens (including phenoxy) is 1. The van der Waals surface area contributed by atoms with Gasteiger partial charge in [-0.25, -0.2) is 0 Å². The smallest absolute Gasteiger partial charge is 0.292 e. The molecule has 1 unspecified atom stereocenters. The molecule has 0 bridgehead atoms. The van der Waals surface area contributed by atoms with Gasteiger partial charge in [0.25, 0.3) is 5.69 Å². The van der Waals surface area contributed by atoms with Crippen molar-refractivity contribution in [3.05, 3.63) is 28.3 Å². The zero-order chi connectivity index (χ0) is 15.2. The van der Waals surface area contributed by atoms with Crippen molar-refractivity contribution in [3.8, 4) is 5.75 Å². The van der Waals surface area contributed by atoms with Crippen LogP contribution in [0.2, 0.25) is 0 Å². The Morgan fingerprint density at radius 3 is 2.90 bits per heavy atom. The van der Waals surface area contributed by atoms with Gasteiger partial charge in [-0.2, -0.15) is 0 Å². The van der Waals surface area contributed by atoms with Crippen molar-refractivity contribution < 1.29 is 9.66 Å². The summed E-state index contributed by atoms with van der Waals surface area (Å²) in [5.74, 6) is 0.653. The van der Waals surface area contributed by atoms with E-state index < -0.39 is 0 Å². The third kappa shape index (κ3) is 3.64. The van der Waals surface area contributed by atoms with Crippen LogP contribution in [-0.4, -0.2) is 37.7 Å². The average Bonchev–Trinajstić information content (AvgIpc) is 2.52. The summed E-state index contributed by atoms with van der Waals surface area (Å²) in [6.07, 6.45) is 3.11. The first-order valence-electron chi connectivity index (χ1n) is 7.47. The van der Waals surface area contributed by atoms with E-state index in [1.807, 2.05) is 0 Å². The zero-order valence-corrected chi connectivity index (χ0v) is 12.7. The highest BCUT2D eigenvalue weighted by molar-refractivity contribution is 5.66. The second-order valence-corrected chi connectivity index (χ2v) is 5.31. The van der Waals surface area contributed by atoms with E-state index in [0.29, 0.717) is 17.5 Å². The molecule has 0 saturated carbocycles. The molecule has 1 heterocycles. The number of nitrogens with zero attached hydrogens (tertiary/aromatic N) is 2. The molecule has 21 heavy (non-hydrogen) atoms. The summed E-state index contributed by atoms with van der Waals surface area (Å²) in [6.45, 7) is 4.79. The maximum atomic E-state index is 11.3. The summed E-state index contributed by atoms with van der Waals surface area (Å²) in [5.41, 5.74) is 0.810. The van der Waals surface area contributed by atoms with Gasteiger partial charge in [-0.1, -0.05) is 6.92 Å². The fraction of sp³-hybridized carbons (Fsp3) is 0.600. The summed E-state index contributed by atoms with van der Waals surface area (Å²) >= 11 is 0. The molecule has 1 aliphatic rings. The summed E-state index contributed by atoms with van der Waals surface area (Å²) in [6, 6.07) is 5.25. The topological polar surface area (TPSA) is 67.6 Å². The number of piperidine rings is 1. The Balaban J connectivity index is 2.39. The van der Waals surface area contributed by atoms with E-state index in [-0.39, 0.29) is 10.6 Å². The van der Waals surface area contributed by atoms with E-state index in [1.165, 1.54) is 6.07 Å². The molecule has 1 fully saturated rings. The molecule has 1 saturated heterocycles. The lowest BCUT2D eigenvalue weighted by Gasteiger charge is -2.36. The van der Waals surface area contributed by atoms with Crippen LogP contribution >= 0.6 is 0 Å². The van der Waals surface area contributed by atoms with Gasteiger partial charge in [0.15, 0.2) is 0 Å². The van der Waals surface area contributed by atoms with E-state index in [1.54, 1.807) is 19.2 Å². The molecular formula is C15H23N3O3. The minimum Gasteiger partial charge on any atom is -0.497 e. The molecule has 6 heteroatoms. The van der Waals surface area contributed by atoms with Gasteiger partial charge in [-0.3, -0.25) is 10.1 Å². The molecule has 1 aliphatic heterocycles. The Morgan fingerprint density at radius 1 is 1.52 bits per heavy atom. The van der Waals surface area contributed by atoms with Gasteiger partial charge < -0.3 is 15.0 Å². The first kappa shape index (κ1) is 15.6. The monoisotopic (exact) mass is 293 g/mol. The summed E-state index contributed by atoms with van der Waals surface area (Å²) < 4.78 is 5.24. The fourth-order valence-corrected chi connectivity index (χ4v) is 2.85. The Bertz CT molecular complexity index is 487. The lowest BCUT2D eigenvalue weighted by Crippen LogP contribution is -2.46. The highest BCUT2D eigenvalue weighted by Crippen LogP contribution is 2.34. The van der Waals surface area contributed by atoms with Crippen molar-refractivity contribution in [2.45, 2.75) is 32.2 Å². The molecule has 0 aromatic heterocycles. The molecule has 0 aliphatic carbocycles. The average molecular weight is 293 g/mol. The van der Waals surface area contributed by atoms with E-state index in [0.717, 1.165) is 38.9 Å². The number of benzene rings is 1. The van der Waals surface area contributed by atoms with Crippen LogP contribution in [0, 0.1) is 10.1 Å². The van der Waals surface area contributed by atoms with Crippen LogP contribution in [0.25, 0.3) is 0 Å². The second kappa shape index (κ2) is 7.26. The maximum Gasteiger partial charge on any atom is 0.292 e. The van der Waals surface area contributed by atoms with Gasteiger partial charge in [0.1, 0.15) is 11.4 Å². The summed E-state index contributed by atoms with van der Waals surface area (Å²) in [5, 5.41) is 14.7. The lowest BCUT2D eigenvalue weighted by atomic mass is 10.0. The first-order valence-corrected chi connectivity index (χ1v) is 7.47. The van der Waals surface area contributed by atoms with Gasteiger partial charge in [-0.05, 0) is 31.9 Å². The van der Waals surface area contributed by atoms with Crippen molar-refractivity contribution in [2.75, 3.05) is 31.6 Å². The summed E-state index contributed by atoms with van der Waals surface area (Å²) in [4.78, 5) is 13.2. The van der Waals surface area contributed by atoms with E-state index in [2.05, 4.69) is 17.1 Å². The molecule has 2 rings (SSSR count). The molecule has 1 N–H and O–H groups in total. The number of hydrogen-bond donors (Lipinski definition) is 1. The molecular weight excluding hydrogens is 270 g/mol. The normalized spacial score (nSPS) is 18.3. The van der Waals surface area contributed by atoms with Gasteiger partial charge >= 0.3 is 0 Å². The predicted octanol–water partition coefficient (Wildman–Crippen LogP) is 2.57. The molecule has 0 amide bonds. The third-order valence-corrected chi connectivity index (χ3v) is 3.86. The van der Waals surface area contributed by atoms with Crippen LogP contribution in [0.5, 0.6) is 5.75 Å². The number of nitro groups is 1. The molecule has 1 aromatic carbocycles. The first-order chi connectivity index (χ1) is 10.2. The number of hydrogen-bond acceptors (Lipinski definition) is 5. The Labute approximate surface area is 125 Å². The van der Waals surface area contributed by atoms with Crippen LogP contribution in [-0.2, 0) is 0 Å². The number of nitrogens with one attached hydrogen (secondary N) is 1. The molecule has 0 spiro atoms. The largest absolute Gasteiger partial charge is 0.497 e. The number of rotatable bonds is 6. The van der Waals surface area contributed by atoms with Crippen LogP contribution in [0.3, 0.4) is 0 Å². The highest BCUT2D eigenvalue weighted by atomic mass is 16.6. The Hall–Kier alpha value is -1.82. The van der Waals surface area contributed by atoms with Crippen LogP contribution in [0.15, 0.2) is 18.2 Å². The molecule has 0 radical (unpaired) electrons. The van der Waals surface area contributed by atoms with Crippen LogP contribution in [0.1, 0.15) is 26.2 Å². The minimum absolute atomic E-state index is 0.148. The number of nitro benzene ring substituents is 1. The molecule has 6 nitrogen and oxygen atoms in total. The molecule has 116 valence electrons. The van der Waals surface area contributed by atoms with Crippen molar-refractivity contribution in [1.82, 2.24) is 5.32 Å². The van der Waals surface area contributed by atoms with Crippen LogP contribution < -0.4 is 15.0 Å². The van der Waals surface area contributed by atoms with Gasteiger partial charge in [0.2, 0.25) is 0 Å². The quantitative estimate of drug-likeness (QED) is 0.645.